The van der Waals surface area contributed by atoms with E-state index in [1.165, 1.54) is 5.56 Å². The number of aryl methyl sites for hydroxylation is 1. The second-order valence-electron chi connectivity index (χ2n) is 5.20. The minimum atomic E-state index is -0.723. The molecule has 1 aliphatic rings. The molecule has 0 aliphatic heterocycles. The lowest BCUT2D eigenvalue weighted by molar-refractivity contribution is -0.139. The molecule has 0 heterocycles. The average Bonchev–Trinajstić information content (AvgIpc) is 2.46. The third-order valence-corrected chi connectivity index (χ3v) is 4.19. The van der Waals surface area contributed by atoms with Crippen LogP contribution in [0.4, 0.5) is 0 Å². The van der Waals surface area contributed by atoms with Gasteiger partial charge in [0.05, 0.1) is 5.92 Å². The van der Waals surface area contributed by atoms with Gasteiger partial charge in [-0.25, -0.2) is 0 Å². The number of halogens is 1. The van der Waals surface area contributed by atoms with Crippen LogP contribution in [-0.2, 0) is 11.2 Å². The van der Waals surface area contributed by atoms with Crippen molar-refractivity contribution in [3.8, 4) is 11.1 Å². The van der Waals surface area contributed by atoms with Gasteiger partial charge in [0.25, 0.3) is 0 Å². The van der Waals surface area contributed by atoms with Crippen LogP contribution in [0, 0.1) is 0 Å². The van der Waals surface area contributed by atoms with Gasteiger partial charge in [-0.05, 0) is 53.6 Å². The monoisotopic (exact) mass is 286 g/mol. The van der Waals surface area contributed by atoms with Crippen molar-refractivity contribution in [3.05, 3.63) is 58.6 Å². The number of hydrogen-bond donors (Lipinski definition) is 1. The average molecular weight is 287 g/mol. The SMILES string of the molecule is O=C(O)[C@@H]1CCCc2ccc(-c3ccc(Cl)cc3)cc21. The number of benzene rings is 2. The van der Waals surface area contributed by atoms with Crippen LogP contribution >= 0.6 is 11.6 Å². The Hall–Kier alpha value is -1.80. The van der Waals surface area contributed by atoms with Crippen LogP contribution in [0.25, 0.3) is 11.1 Å². The van der Waals surface area contributed by atoms with Crippen molar-refractivity contribution < 1.29 is 9.90 Å². The molecule has 0 unspecified atom stereocenters. The predicted molar refractivity (Wildman–Crippen MR) is 80.2 cm³/mol. The smallest absolute Gasteiger partial charge is 0.310 e. The summed E-state index contributed by atoms with van der Waals surface area (Å²) in [7, 11) is 0. The molecule has 2 aromatic rings. The standard InChI is InChI=1S/C17H15ClO2/c18-14-8-6-11(7-9-14)13-5-4-12-2-1-3-15(17(19)20)16(12)10-13/h4-10,15H,1-3H2,(H,19,20)/t15-/m1/s1. The summed E-state index contributed by atoms with van der Waals surface area (Å²) in [6, 6.07) is 13.8. The molecule has 1 atom stereocenters. The van der Waals surface area contributed by atoms with Crippen LogP contribution in [0.2, 0.25) is 5.02 Å². The highest BCUT2D eigenvalue weighted by atomic mass is 35.5. The molecular weight excluding hydrogens is 272 g/mol. The van der Waals surface area contributed by atoms with Gasteiger partial charge >= 0.3 is 5.97 Å². The van der Waals surface area contributed by atoms with E-state index in [0.717, 1.165) is 36.0 Å². The lowest BCUT2D eigenvalue weighted by atomic mass is 9.81. The summed E-state index contributed by atoms with van der Waals surface area (Å²) in [4.78, 5) is 11.4. The van der Waals surface area contributed by atoms with Crippen LogP contribution in [0.1, 0.15) is 29.9 Å². The minimum absolute atomic E-state index is 0.369. The first-order valence-corrected chi connectivity index (χ1v) is 7.14. The Labute approximate surface area is 123 Å². The van der Waals surface area contributed by atoms with E-state index in [1.54, 1.807) is 0 Å². The molecular formula is C17H15ClO2. The molecule has 0 saturated carbocycles. The van der Waals surface area contributed by atoms with Crippen LogP contribution in [0.5, 0.6) is 0 Å². The van der Waals surface area contributed by atoms with Crippen LogP contribution < -0.4 is 0 Å². The van der Waals surface area contributed by atoms with Gasteiger partial charge in [-0.1, -0.05) is 41.9 Å². The summed E-state index contributed by atoms with van der Waals surface area (Å²) in [6.07, 6.45) is 2.65. The van der Waals surface area contributed by atoms with E-state index in [0.29, 0.717) is 5.02 Å². The molecule has 0 fully saturated rings. The highest BCUT2D eigenvalue weighted by Gasteiger charge is 2.26. The number of rotatable bonds is 2. The zero-order valence-electron chi connectivity index (χ0n) is 11.0. The van der Waals surface area contributed by atoms with Gasteiger partial charge in [0.1, 0.15) is 0 Å². The maximum atomic E-state index is 11.4. The van der Waals surface area contributed by atoms with Crippen molar-refractivity contribution in [1.82, 2.24) is 0 Å². The van der Waals surface area contributed by atoms with Gasteiger partial charge in [-0.15, -0.1) is 0 Å². The topological polar surface area (TPSA) is 37.3 Å². The third-order valence-electron chi connectivity index (χ3n) is 3.94. The zero-order valence-corrected chi connectivity index (χ0v) is 11.7. The van der Waals surface area contributed by atoms with Crippen molar-refractivity contribution in [2.75, 3.05) is 0 Å². The highest BCUT2D eigenvalue weighted by Crippen LogP contribution is 2.35. The molecule has 102 valence electrons. The molecule has 0 spiro atoms. The van der Waals surface area contributed by atoms with Gasteiger partial charge in [-0.3, -0.25) is 4.79 Å². The largest absolute Gasteiger partial charge is 0.481 e. The maximum Gasteiger partial charge on any atom is 0.310 e. The molecule has 2 aromatic carbocycles. The van der Waals surface area contributed by atoms with E-state index >= 15 is 0 Å². The van der Waals surface area contributed by atoms with E-state index in [9.17, 15) is 9.90 Å². The lowest BCUT2D eigenvalue weighted by Crippen LogP contribution is -2.17. The summed E-state index contributed by atoms with van der Waals surface area (Å²) in [5.41, 5.74) is 4.25. The van der Waals surface area contributed by atoms with Gasteiger partial charge in [0.15, 0.2) is 0 Å². The number of carbonyl (C=O) groups is 1. The Bertz CT molecular complexity index is 647. The normalized spacial score (nSPS) is 17.6. The fourth-order valence-corrected chi connectivity index (χ4v) is 3.00. The number of carboxylic acids is 1. The van der Waals surface area contributed by atoms with Crippen molar-refractivity contribution in [3.63, 3.8) is 0 Å². The summed E-state index contributed by atoms with van der Waals surface area (Å²) >= 11 is 5.90. The molecule has 0 amide bonds. The van der Waals surface area contributed by atoms with Crippen molar-refractivity contribution in [1.29, 1.82) is 0 Å². The van der Waals surface area contributed by atoms with Crippen molar-refractivity contribution >= 4 is 17.6 Å². The van der Waals surface area contributed by atoms with E-state index in [2.05, 4.69) is 12.1 Å². The predicted octanol–water partition coefficient (Wildman–Crippen LogP) is 4.51. The van der Waals surface area contributed by atoms with Crippen molar-refractivity contribution in [2.24, 2.45) is 0 Å². The Morgan fingerprint density at radius 2 is 1.80 bits per heavy atom. The van der Waals surface area contributed by atoms with E-state index in [1.807, 2.05) is 30.3 Å². The van der Waals surface area contributed by atoms with E-state index in [-0.39, 0.29) is 5.92 Å². The fourth-order valence-electron chi connectivity index (χ4n) is 2.88. The van der Waals surface area contributed by atoms with Gasteiger partial charge in [0, 0.05) is 5.02 Å². The first-order chi connectivity index (χ1) is 9.65. The second kappa shape index (κ2) is 5.29. The van der Waals surface area contributed by atoms with Crippen LogP contribution in [0.3, 0.4) is 0 Å². The maximum absolute atomic E-state index is 11.4. The molecule has 0 bridgehead atoms. The minimum Gasteiger partial charge on any atom is -0.481 e. The Morgan fingerprint density at radius 1 is 1.10 bits per heavy atom. The van der Waals surface area contributed by atoms with Crippen LogP contribution in [-0.4, -0.2) is 11.1 Å². The highest BCUT2D eigenvalue weighted by molar-refractivity contribution is 6.30. The zero-order chi connectivity index (χ0) is 14.1. The molecule has 0 radical (unpaired) electrons. The fraction of sp³-hybridized carbons (Fsp3) is 0.235. The molecule has 1 N–H and O–H groups in total. The van der Waals surface area contributed by atoms with E-state index in [4.69, 9.17) is 11.6 Å². The van der Waals surface area contributed by atoms with Crippen LogP contribution in [0.15, 0.2) is 42.5 Å². The Kier molecular flexibility index (Phi) is 3.49. The Morgan fingerprint density at radius 3 is 2.50 bits per heavy atom. The van der Waals surface area contributed by atoms with Gasteiger partial charge in [-0.2, -0.15) is 0 Å². The number of aliphatic carboxylic acids is 1. The number of hydrogen-bond acceptors (Lipinski definition) is 1. The summed E-state index contributed by atoms with van der Waals surface area (Å²) < 4.78 is 0. The van der Waals surface area contributed by atoms with Gasteiger partial charge < -0.3 is 5.11 Å². The molecule has 2 nitrogen and oxygen atoms in total. The quantitative estimate of drug-likeness (QED) is 0.882. The van der Waals surface area contributed by atoms with E-state index < -0.39 is 5.97 Å². The van der Waals surface area contributed by atoms with Gasteiger partial charge in [0.2, 0.25) is 0 Å². The number of carboxylic acid groups (broad SMARTS) is 1. The lowest BCUT2D eigenvalue weighted by Gasteiger charge is -2.23. The second-order valence-corrected chi connectivity index (χ2v) is 5.64. The third kappa shape index (κ3) is 2.44. The summed E-state index contributed by atoms with van der Waals surface area (Å²) in [5, 5.41) is 10.1. The molecule has 20 heavy (non-hydrogen) atoms. The molecule has 0 saturated heterocycles. The first-order valence-electron chi connectivity index (χ1n) is 6.77. The summed E-state index contributed by atoms with van der Waals surface area (Å²) in [6.45, 7) is 0. The molecule has 1 aliphatic carbocycles. The molecule has 3 rings (SSSR count). The van der Waals surface area contributed by atoms with Crippen molar-refractivity contribution in [2.45, 2.75) is 25.2 Å². The first kappa shape index (κ1) is 13.2. The molecule has 0 aromatic heterocycles. The summed E-state index contributed by atoms with van der Waals surface area (Å²) in [5.74, 6) is -1.09. The molecule has 3 heteroatoms. The number of fused-ring (bicyclic) bond motifs is 1. The Balaban J connectivity index is 2.05.